The lowest BCUT2D eigenvalue weighted by Gasteiger charge is -2.30. The lowest BCUT2D eigenvalue weighted by Crippen LogP contribution is -2.35. The average Bonchev–Trinajstić information content (AvgIpc) is 3.25. The minimum atomic E-state index is -3.82. The first-order valence-corrected chi connectivity index (χ1v) is 13.7. The summed E-state index contributed by atoms with van der Waals surface area (Å²) in [5.41, 5.74) is 4.33. The van der Waals surface area contributed by atoms with Crippen LogP contribution in [-0.2, 0) is 26.5 Å². The second-order valence-corrected chi connectivity index (χ2v) is 12.5. The molecule has 1 N–H and O–H groups in total. The SMILES string of the molecule is Cc1cc(C)c(S(=O)(=O)Nc2ccc3c(c2)N(S(=O)(=O)c2cccs2)CCC3)cc1C. The van der Waals surface area contributed by atoms with E-state index in [4.69, 9.17) is 0 Å². The van der Waals surface area contributed by atoms with E-state index in [-0.39, 0.29) is 9.10 Å². The molecule has 0 bridgehead atoms. The van der Waals surface area contributed by atoms with Crippen LogP contribution in [0.4, 0.5) is 11.4 Å². The molecule has 0 radical (unpaired) electrons. The number of nitrogens with one attached hydrogen (secondary N) is 1. The van der Waals surface area contributed by atoms with Crippen LogP contribution in [-0.4, -0.2) is 23.4 Å². The fourth-order valence-corrected chi connectivity index (χ4v) is 7.81. The minimum Gasteiger partial charge on any atom is -0.280 e. The first-order valence-electron chi connectivity index (χ1n) is 9.89. The van der Waals surface area contributed by atoms with Gasteiger partial charge in [-0.25, -0.2) is 16.8 Å². The molecule has 6 nitrogen and oxygen atoms in total. The van der Waals surface area contributed by atoms with Gasteiger partial charge in [-0.15, -0.1) is 11.3 Å². The van der Waals surface area contributed by atoms with Crippen molar-refractivity contribution < 1.29 is 16.8 Å². The van der Waals surface area contributed by atoms with Crippen molar-refractivity contribution in [3.8, 4) is 0 Å². The molecule has 0 spiro atoms. The van der Waals surface area contributed by atoms with Gasteiger partial charge in [-0.05, 0) is 85.5 Å². The molecule has 0 saturated carbocycles. The number of nitrogens with zero attached hydrogens (tertiary/aromatic N) is 1. The van der Waals surface area contributed by atoms with Gasteiger partial charge in [0.2, 0.25) is 0 Å². The van der Waals surface area contributed by atoms with Gasteiger partial charge in [-0.1, -0.05) is 18.2 Å². The topological polar surface area (TPSA) is 83.6 Å². The molecule has 0 unspecified atom stereocenters. The highest BCUT2D eigenvalue weighted by Gasteiger charge is 2.30. The Morgan fingerprint density at radius 3 is 2.39 bits per heavy atom. The van der Waals surface area contributed by atoms with Gasteiger partial charge in [-0.3, -0.25) is 9.03 Å². The van der Waals surface area contributed by atoms with E-state index in [0.29, 0.717) is 29.9 Å². The Kier molecular flexibility index (Phi) is 5.61. The van der Waals surface area contributed by atoms with E-state index in [1.165, 1.54) is 15.6 Å². The summed E-state index contributed by atoms with van der Waals surface area (Å²) >= 11 is 1.17. The molecule has 164 valence electrons. The predicted octanol–water partition coefficient (Wildman–Crippen LogP) is 4.62. The average molecular weight is 477 g/mol. The van der Waals surface area contributed by atoms with Crippen molar-refractivity contribution in [3.05, 3.63) is 70.1 Å². The first kappa shape index (κ1) is 21.9. The van der Waals surface area contributed by atoms with Crippen LogP contribution in [0, 0.1) is 20.8 Å². The van der Waals surface area contributed by atoms with E-state index < -0.39 is 20.0 Å². The van der Waals surface area contributed by atoms with Gasteiger partial charge in [0.05, 0.1) is 16.3 Å². The Bertz CT molecular complexity index is 1350. The zero-order chi connectivity index (χ0) is 22.4. The second-order valence-electron chi connectivity index (χ2n) is 7.76. The summed E-state index contributed by atoms with van der Waals surface area (Å²) in [7, 11) is -7.51. The highest BCUT2D eigenvalue weighted by Crippen LogP contribution is 2.36. The van der Waals surface area contributed by atoms with E-state index in [1.54, 1.807) is 48.7 Å². The van der Waals surface area contributed by atoms with Gasteiger partial charge in [0.25, 0.3) is 20.0 Å². The van der Waals surface area contributed by atoms with Crippen molar-refractivity contribution in [2.75, 3.05) is 15.6 Å². The fourth-order valence-electron chi connectivity index (χ4n) is 3.81. The number of anilines is 2. The van der Waals surface area contributed by atoms with Crippen LogP contribution in [0.3, 0.4) is 0 Å². The van der Waals surface area contributed by atoms with Gasteiger partial charge in [0, 0.05) is 6.54 Å². The van der Waals surface area contributed by atoms with E-state index in [9.17, 15) is 16.8 Å². The molecule has 0 amide bonds. The highest BCUT2D eigenvalue weighted by molar-refractivity contribution is 7.94. The van der Waals surface area contributed by atoms with Crippen molar-refractivity contribution in [1.82, 2.24) is 0 Å². The number of benzene rings is 2. The normalized spacial score (nSPS) is 14.4. The van der Waals surface area contributed by atoms with E-state index in [2.05, 4.69) is 4.72 Å². The van der Waals surface area contributed by atoms with Crippen LogP contribution in [0.1, 0.15) is 28.7 Å². The Labute approximate surface area is 187 Å². The number of sulfonamides is 2. The number of fused-ring (bicyclic) bond motifs is 1. The molecular weight excluding hydrogens is 452 g/mol. The van der Waals surface area contributed by atoms with Crippen LogP contribution in [0.25, 0.3) is 0 Å². The Morgan fingerprint density at radius 1 is 0.935 bits per heavy atom. The summed E-state index contributed by atoms with van der Waals surface area (Å²) in [6, 6.07) is 11.9. The summed E-state index contributed by atoms with van der Waals surface area (Å²) in [6.45, 7) is 5.95. The number of thiophene rings is 1. The smallest absolute Gasteiger partial charge is 0.273 e. The van der Waals surface area contributed by atoms with Crippen molar-refractivity contribution in [2.45, 2.75) is 42.7 Å². The van der Waals surface area contributed by atoms with Gasteiger partial charge in [-0.2, -0.15) is 0 Å². The Hall–Kier alpha value is -2.36. The third-order valence-corrected chi connectivity index (χ3v) is 10.2. The summed E-state index contributed by atoms with van der Waals surface area (Å²) in [6.07, 6.45) is 1.46. The Balaban J connectivity index is 1.72. The molecule has 3 aromatic rings. The molecule has 0 saturated heterocycles. The zero-order valence-electron chi connectivity index (χ0n) is 17.5. The predicted molar refractivity (Wildman–Crippen MR) is 125 cm³/mol. The van der Waals surface area contributed by atoms with Crippen LogP contribution in [0.5, 0.6) is 0 Å². The third kappa shape index (κ3) is 4.09. The molecule has 0 aliphatic carbocycles. The fraction of sp³-hybridized carbons (Fsp3) is 0.273. The van der Waals surface area contributed by atoms with Crippen molar-refractivity contribution in [1.29, 1.82) is 0 Å². The maximum Gasteiger partial charge on any atom is 0.273 e. The van der Waals surface area contributed by atoms with Crippen LogP contribution >= 0.6 is 11.3 Å². The second kappa shape index (κ2) is 7.96. The van der Waals surface area contributed by atoms with Crippen molar-refractivity contribution in [3.63, 3.8) is 0 Å². The summed E-state index contributed by atoms with van der Waals surface area (Å²) < 4.78 is 56.7. The van der Waals surface area contributed by atoms with Crippen LogP contribution < -0.4 is 9.03 Å². The maximum atomic E-state index is 13.1. The molecule has 2 heterocycles. The molecule has 4 rings (SSSR count). The molecular formula is C22H24N2O4S3. The molecule has 0 atom stereocenters. The lowest BCUT2D eigenvalue weighted by molar-refractivity contribution is 0.588. The van der Waals surface area contributed by atoms with Crippen molar-refractivity contribution >= 4 is 42.8 Å². The summed E-state index contributed by atoms with van der Waals surface area (Å²) in [4.78, 5) is 0.219. The third-order valence-electron chi connectivity index (χ3n) is 5.53. The lowest BCUT2D eigenvalue weighted by atomic mass is 10.0. The van der Waals surface area contributed by atoms with Gasteiger partial charge < -0.3 is 0 Å². The first-order chi connectivity index (χ1) is 14.6. The van der Waals surface area contributed by atoms with Gasteiger partial charge in [0.15, 0.2) is 0 Å². The zero-order valence-corrected chi connectivity index (χ0v) is 20.0. The van der Waals surface area contributed by atoms with Crippen LogP contribution in [0.15, 0.2) is 56.9 Å². The largest absolute Gasteiger partial charge is 0.280 e. The Morgan fingerprint density at radius 2 is 1.68 bits per heavy atom. The van der Waals surface area contributed by atoms with Crippen molar-refractivity contribution in [2.24, 2.45) is 0 Å². The molecule has 1 aromatic heterocycles. The van der Waals surface area contributed by atoms with Gasteiger partial charge >= 0.3 is 0 Å². The number of hydrogen-bond acceptors (Lipinski definition) is 5. The van der Waals surface area contributed by atoms with E-state index in [0.717, 1.165) is 23.1 Å². The number of hydrogen-bond donors (Lipinski definition) is 1. The monoisotopic (exact) mass is 476 g/mol. The van der Waals surface area contributed by atoms with E-state index in [1.807, 2.05) is 19.9 Å². The molecule has 9 heteroatoms. The quantitative estimate of drug-likeness (QED) is 0.583. The molecule has 1 aliphatic rings. The highest BCUT2D eigenvalue weighted by atomic mass is 32.2. The van der Waals surface area contributed by atoms with E-state index >= 15 is 0 Å². The molecule has 1 aliphatic heterocycles. The molecule has 0 fully saturated rings. The standard InChI is InChI=1S/C22H24N2O4S3/c1-15-12-17(3)21(13-16(15)2)30(25,26)23-19-9-8-18-6-4-10-24(20(18)14-19)31(27,28)22-7-5-11-29-22/h5,7-9,11-14,23H,4,6,10H2,1-3H3. The molecule has 2 aromatic carbocycles. The minimum absolute atomic E-state index is 0.219. The van der Waals surface area contributed by atoms with Crippen LogP contribution in [0.2, 0.25) is 0 Å². The number of aryl methyl sites for hydroxylation is 4. The molecule has 31 heavy (non-hydrogen) atoms. The number of rotatable bonds is 5. The van der Waals surface area contributed by atoms with Gasteiger partial charge in [0.1, 0.15) is 4.21 Å². The summed E-state index contributed by atoms with van der Waals surface area (Å²) in [5.74, 6) is 0. The summed E-state index contributed by atoms with van der Waals surface area (Å²) in [5, 5.41) is 1.73. The maximum absolute atomic E-state index is 13.1.